The van der Waals surface area contributed by atoms with Gasteiger partial charge in [0.05, 0.1) is 0 Å². The molecule has 0 radical (unpaired) electrons. The second-order valence-electron chi connectivity index (χ2n) is 4.85. The van der Waals surface area contributed by atoms with Crippen LogP contribution in [0.15, 0.2) is 18.2 Å². The molecule has 5 heteroatoms. The van der Waals surface area contributed by atoms with Crippen LogP contribution in [0, 0.1) is 5.82 Å². The molecule has 1 saturated heterocycles. The minimum absolute atomic E-state index is 0.0371. The Labute approximate surface area is 112 Å². The summed E-state index contributed by atoms with van der Waals surface area (Å²) in [5.41, 5.74) is 0.621. The summed E-state index contributed by atoms with van der Waals surface area (Å²) < 4.78 is 13.5. The molecule has 0 aliphatic carbocycles. The number of phenols is 1. The molecule has 0 bridgehead atoms. The van der Waals surface area contributed by atoms with Crippen LogP contribution in [0.1, 0.15) is 24.4 Å². The van der Waals surface area contributed by atoms with Crippen LogP contribution >= 0.6 is 0 Å². The van der Waals surface area contributed by atoms with E-state index in [-0.39, 0.29) is 18.4 Å². The summed E-state index contributed by atoms with van der Waals surface area (Å²) in [5, 5.41) is 22.2. The Balaban J connectivity index is 2.22. The summed E-state index contributed by atoms with van der Waals surface area (Å²) in [6.07, 6.45) is 1.36. The van der Waals surface area contributed by atoms with Crippen LogP contribution in [0.5, 0.6) is 5.75 Å². The first-order valence-corrected chi connectivity index (χ1v) is 6.77. The molecule has 1 aliphatic heterocycles. The molecule has 1 heterocycles. The van der Waals surface area contributed by atoms with Gasteiger partial charge in [0, 0.05) is 44.4 Å². The van der Waals surface area contributed by atoms with E-state index < -0.39 is 5.82 Å². The van der Waals surface area contributed by atoms with Gasteiger partial charge in [0.2, 0.25) is 0 Å². The number of aromatic hydroxyl groups is 1. The SMILES string of the molecule is OCCC[C@H](c1cccc(F)c1O)N1CCNCC1. The fourth-order valence-electron chi connectivity index (χ4n) is 2.61. The normalized spacial score (nSPS) is 18.4. The summed E-state index contributed by atoms with van der Waals surface area (Å²) in [7, 11) is 0. The van der Waals surface area contributed by atoms with Gasteiger partial charge in [-0.1, -0.05) is 12.1 Å². The molecule has 0 unspecified atom stereocenters. The van der Waals surface area contributed by atoms with Crippen LogP contribution in [0.3, 0.4) is 0 Å². The molecule has 0 aromatic heterocycles. The lowest BCUT2D eigenvalue weighted by molar-refractivity contribution is 0.152. The number of rotatable bonds is 5. The molecule has 4 nitrogen and oxygen atoms in total. The van der Waals surface area contributed by atoms with Crippen molar-refractivity contribution in [3.8, 4) is 5.75 Å². The molecule has 106 valence electrons. The smallest absolute Gasteiger partial charge is 0.165 e. The molecule has 1 aromatic carbocycles. The Morgan fingerprint density at radius 1 is 1.32 bits per heavy atom. The number of benzene rings is 1. The molecule has 2 rings (SSSR count). The number of hydrogen-bond donors (Lipinski definition) is 3. The van der Waals surface area contributed by atoms with Crippen LogP contribution in [-0.2, 0) is 0 Å². The minimum atomic E-state index is -0.582. The van der Waals surface area contributed by atoms with E-state index in [1.807, 2.05) is 0 Å². The van der Waals surface area contributed by atoms with E-state index in [2.05, 4.69) is 10.2 Å². The first-order valence-electron chi connectivity index (χ1n) is 6.77. The summed E-state index contributed by atoms with van der Waals surface area (Å²) in [6.45, 7) is 3.63. The van der Waals surface area contributed by atoms with E-state index in [1.54, 1.807) is 12.1 Å². The van der Waals surface area contributed by atoms with E-state index in [9.17, 15) is 9.50 Å². The standard InChI is InChI=1S/C14H21FN2O2/c15-12-4-1-3-11(14(12)19)13(5-2-10-18)17-8-6-16-7-9-17/h1,3-4,13,16,18-19H,2,5-10H2/t13-/m1/s1. The third-order valence-electron chi connectivity index (χ3n) is 3.61. The van der Waals surface area contributed by atoms with Crippen LogP contribution in [0.4, 0.5) is 4.39 Å². The number of halogens is 1. The van der Waals surface area contributed by atoms with Gasteiger partial charge >= 0.3 is 0 Å². The largest absolute Gasteiger partial charge is 0.505 e. The van der Waals surface area contributed by atoms with Crippen LogP contribution in [0.2, 0.25) is 0 Å². The van der Waals surface area contributed by atoms with Gasteiger partial charge < -0.3 is 15.5 Å². The highest BCUT2D eigenvalue weighted by atomic mass is 19.1. The molecular formula is C14H21FN2O2. The maximum atomic E-state index is 13.5. The summed E-state index contributed by atoms with van der Waals surface area (Å²) >= 11 is 0. The van der Waals surface area contributed by atoms with Crippen molar-refractivity contribution in [2.24, 2.45) is 0 Å². The molecule has 0 spiro atoms. The monoisotopic (exact) mass is 268 g/mol. The first-order chi connectivity index (χ1) is 9.24. The Morgan fingerprint density at radius 3 is 2.74 bits per heavy atom. The van der Waals surface area contributed by atoms with E-state index in [0.29, 0.717) is 18.4 Å². The van der Waals surface area contributed by atoms with Crippen molar-refractivity contribution in [3.63, 3.8) is 0 Å². The van der Waals surface area contributed by atoms with Gasteiger partial charge in [-0.3, -0.25) is 4.90 Å². The van der Waals surface area contributed by atoms with Crippen LogP contribution in [-0.4, -0.2) is 47.9 Å². The van der Waals surface area contributed by atoms with Gasteiger partial charge in [-0.05, 0) is 18.9 Å². The fourth-order valence-corrected chi connectivity index (χ4v) is 2.61. The topological polar surface area (TPSA) is 55.7 Å². The lowest BCUT2D eigenvalue weighted by Gasteiger charge is -2.35. The van der Waals surface area contributed by atoms with E-state index in [4.69, 9.17) is 5.11 Å². The zero-order valence-corrected chi connectivity index (χ0v) is 11.0. The van der Waals surface area contributed by atoms with Crippen molar-refractivity contribution in [1.29, 1.82) is 0 Å². The Morgan fingerprint density at radius 2 is 2.05 bits per heavy atom. The van der Waals surface area contributed by atoms with Gasteiger partial charge in [0.25, 0.3) is 0 Å². The molecule has 0 amide bonds. The van der Waals surface area contributed by atoms with Crippen molar-refractivity contribution >= 4 is 0 Å². The number of aliphatic hydroxyl groups excluding tert-OH is 1. The lowest BCUT2D eigenvalue weighted by atomic mass is 9.98. The maximum Gasteiger partial charge on any atom is 0.165 e. The summed E-state index contributed by atoms with van der Waals surface area (Å²) in [6, 6.07) is 4.62. The predicted molar refractivity (Wildman–Crippen MR) is 71.6 cm³/mol. The van der Waals surface area contributed by atoms with Crippen LogP contribution < -0.4 is 5.32 Å². The highest BCUT2D eigenvalue weighted by Crippen LogP contribution is 2.33. The molecular weight excluding hydrogens is 247 g/mol. The molecule has 3 N–H and O–H groups in total. The van der Waals surface area contributed by atoms with Crippen molar-refractivity contribution in [1.82, 2.24) is 10.2 Å². The van der Waals surface area contributed by atoms with Gasteiger partial charge in [0.1, 0.15) is 0 Å². The molecule has 19 heavy (non-hydrogen) atoms. The molecule has 1 atom stereocenters. The number of nitrogens with zero attached hydrogens (tertiary/aromatic N) is 1. The maximum absolute atomic E-state index is 13.5. The third-order valence-corrected chi connectivity index (χ3v) is 3.61. The zero-order valence-electron chi connectivity index (χ0n) is 11.0. The second kappa shape index (κ2) is 6.84. The Bertz CT molecular complexity index is 408. The Hall–Kier alpha value is -1.17. The average Bonchev–Trinajstić information content (AvgIpc) is 2.45. The fraction of sp³-hybridized carbons (Fsp3) is 0.571. The number of nitrogens with one attached hydrogen (secondary N) is 1. The quantitative estimate of drug-likeness (QED) is 0.752. The number of hydrogen-bond acceptors (Lipinski definition) is 4. The second-order valence-corrected chi connectivity index (χ2v) is 4.85. The number of piperazine rings is 1. The summed E-state index contributed by atoms with van der Waals surface area (Å²) in [4.78, 5) is 2.24. The van der Waals surface area contributed by atoms with E-state index in [1.165, 1.54) is 6.07 Å². The van der Waals surface area contributed by atoms with Crippen molar-refractivity contribution in [3.05, 3.63) is 29.6 Å². The molecule has 1 aliphatic rings. The van der Waals surface area contributed by atoms with Crippen LogP contribution in [0.25, 0.3) is 0 Å². The number of aliphatic hydroxyl groups is 1. The predicted octanol–water partition coefficient (Wildman–Crippen LogP) is 1.25. The van der Waals surface area contributed by atoms with Crippen molar-refractivity contribution in [2.45, 2.75) is 18.9 Å². The number of phenolic OH excluding ortho intramolecular Hbond substituents is 1. The van der Waals surface area contributed by atoms with Crippen molar-refractivity contribution < 1.29 is 14.6 Å². The first kappa shape index (κ1) is 14.2. The van der Waals surface area contributed by atoms with Gasteiger partial charge in [0.15, 0.2) is 11.6 Å². The molecule has 1 fully saturated rings. The van der Waals surface area contributed by atoms with Gasteiger partial charge in [-0.15, -0.1) is 0 Å². The highest BCUT2D eigenvalue weighted by Gasteiger charge is 2.25. The summed E-state index contributed by atoms with van der Waals surface area (Å²) in [5.74, 6) is -0.842. The van der Waals surface area contributed by atoms with Crippen molar-refractivity contribution in [2.75, 3.05) is 32.8 Å². The van der Waals surface area contributed by atoms with E-state index >= 15 is 0 Å². The van der Waals surface area contributed by atoms with Gasteiger partial charge in [-0.25, -0.2) is 4.39 Å². The average molecular weight is 268 g/mol. The molecule has 0 saturated carbocycles. The Kier molecular flexibility index (Phi) is 5.13. The number of para-hydroxylation sites is 1. The highest BCUT2D eigenvalue weighted by molar-refractivity contribution is 5.36. The molecule has 1 aromatic rings. The minimum Gasteiger partial charge on any atom is -0.505 e. The van der Waals surface area contributed by atoms with Gasteiger partial charge in [-0.2, -0.15) is 0 Å². The lowest BCUT2D eigenvalue weighted by Crippen LogP contribution is -2.45. The zero-order chi connectivity index (χ0) is 13.7. The van der Waals surface area contributed by atoms with E-state index in [0.717, 1.165) is 26.2 Å². The third kappa shape index (κ3) is 3.43.